The van der Waals surface area contributed by atoms with Gasteiger partial charge >= 0.3 is 0 Å². The van der Waals surface area contributed by atoms with Crippen molar-refractivity contribution in [1.29, 1.82) is 0 Å². The molecule has 144 valence electrons. The van der Waals surface area contributed by atoms with Crippen LogP contribution < -0.4 is 0 Å². The van der Waals surface area contributed by atoms with Crippen molar-refractivity contribution < 1.29 is 14.3 Å². The van der Waals surface area contributed by atoms with Crippen molar-refractivity contribution in [3.8, 4) is 0 Å². The maximum absolute atomic E-state index is 11.6. The molecule has 1 aromatic rings. The van der Waals surface area contributed by atoms with Crippen molar-refractivity contribution in [2.75, 3.05) is 47.0 Å². The summed E-state index contributed by atoms with van der Waals surface area (Å²) < 4.78 is 11.7. The molecule has 0 saturated carbocycles. The molecular weight excluding hydrogens is 328 g/mol. The quantitative estimate of drug-likeness (QED) is 0.700. The van der Waals surface area contributed by atoms with Crippen LogP contribution in [-0.2, 0) is 20.8 Å². The highest BCUT2D eigenvalue weighted by atomic mass is 16.5. The van der Waals surface area contributed by atoms with Gasteiger partial charge < -0.3 is 14.4 Å². The Morgan fingerprint density at radius 1 is 1.35 bits per heavy atom. The third-order valence-corrected chi connectivity index (χ3v) is 5.82. The van der Waals surface area contributed by atoms with Crippen LogP contribution in [0, 0.1) is 19.8 Å². The van der Waals surface area contributed by atoms with E-state index in [0.29, 0.717) is 12.5 Å². The van der Waals surface area contributed by atoms with E-state index in [4.69, 9.17) is 9.47 Å². The van der Waals surface area contributed by atoms with Crippen LogP contribution in [-0.4, -0.2) is 68.3 Å². The molecular formula is C21H32N2O3. The lowest BCUT2D eigenvalue weighted by Gasteiger charge is -2.50. The summed E-state index contributed by atoms with van der Waals surface area (Å²) in [6.45, 7) is 8.99. The zero-order valence-corrected chi connectivity index (χ0v) is 16.6. The summed E-state index contributed by atoms with van der Waals surface area (Å²) in [7, 11) is 3.51. The van der Waals surface area contributed by atoms with Gasteiger partial charge in [0, 0.05) is 46.9 Å². The van der Waals surface area contributed by atoms with E-state index in [2.05, 4.69) is 36.9 Å². The molecule has 3 rings (SSSR count). The summed E-state index contributed by atoms with van der Waals surface area (Å²) in [6, 6.07) is 6.68. The topological polar surface area (TPSA) is 42.0 Å². The third-order valence-electron chi connectivity index (χ3n) is 5.82. The summed E-state index contributed by atoms with van der Waals surface area (Å²) in [5.74, 6) is 0.553. The predicted molar refractivity (Wildman–Crippen MR) is 102 cm³/mol. The molecule has 5 heteroatoms. The third kappa shape index (κ3) is 4.27. The van der Waals surface area contributed by atoms with E-state index >= 15 is 0 Å². The number of likely N-dealkylation sites (N-methyl/N-ethyl adjacent to an activating group) is 1. The summed E-state index contributed by atoms with van der Waals surface area (Å²) in [5.41, 5.74) is 4.10. The first-order valence-electron chi connectivity index (χ1n) is 9.60. The number of carbonyl (C=O) groups is 1. The fourth-order valence-corrected chi connectivity index (χ4v) is 4.09. The van der Waals surface area contributed by atoms with Crippen LogP contribution in [0.3, 0.4) is 0 Å². The van der Waals surface area contributed by atoms with Gasteiger partial charge in [-0.05, 0) is 43.7 Å². The fourth-order valence-electron chi connectivity index (χ4n) is 4.09. The van der Waals surface area contributed by atoms with E-state index in [0.717, 1.165) is 39.1 Å². The Morgan fingerprint density at radius 2 is 2.12 bits per heavy atom. The lowest BCUT2D eigenvalue weighted by atomic mass is 9.79. The molecule has 1 spiro atoms. The molecule has 1 amide bonds. The minimum Gasteiger partial charge on any atom is -0.372 e. The SMILES string of the molecule is Cc1ccc(C)c(CN2CC3(C2)OCCC3CCOCC(=O)N(C)C)c1. The zero-order valence-electron chi connectivity index (χ0n) is 16.6. The van der Waals surface area contributed by atoms with Crippen molar-refractivity contribution >= 4 is 5.91 Å². The summed E-state index contributed by atoms with van der Waals surface area (Å²) in [4.78, 5) is 15.6. The number of ether oxygens (including phenoxy) is 2. The number of nitrogens with zero attached hydrogens (tertiary/aromatic N) is 2. The van der Waals surface area contributed by atoms with Gasteiger partial charge in [0.2, 0.25) is 5.91 Å². The molecule has 0 N–H and O–H groups in total. The van der Waals surface area contributed by atoms with Crippen LogP contribution in [0.1, 0.15) is 29.5 Å². The van der Waals surface area contributed by atoms with Gasteiger partial charge in [0.15, 0.2) is 0 Å². The largest absolute Gasteiger partial charge is 0.372 e. The number of hydrogen-bond donors (Lipinski definition) is 0. The first-order chi connectivity index (χ1) is 12.4. The molecule has 1 aromatic carbocycles. The van der Waals surface area contributed by atoms with Crippen LogP contribution in [0.5, 0.6) is 0 Å². The molecule has 2 heterocycles. The van der Waals surface area contributed by atoms with E-state index in [-0.39, 0.29) is 18.1 Å². The Balaban J connectivity index is 1.46. The molecule has 1 atom stereocenters. The summed E-state index contributed by atoms with van der Waals surface area (Å²) in [5, 5.41) is 0. The van der Waals surface area contributed by atoms with Crippen molar-refractivity contribution in [2.45, 2.75) is 38.8 Å². The van der Waals surface area contributed by atoms with Crippen molar-refractivity contribution in [1.82, 2.24) is 9.80 Å². The van der Waals surface area contributed by atoms with Gasteiger partial charge in [-0.1, -0.05) is 23.8 Å². The van der Waals surface area contributed by atoms with Gasteiger partial charge in [-0.15, -0.1) is 0 Å². The van der Waals surface area contributed by atoms with Gasteiger partial charge in [-0.3, -0.25) is 9.69 Å². The van der Waals surface area contributed by atoms with Gasteiger partial charge in [-0.2, -0.15) is 0 Å². The van der Waals surface area contributed by atoms with E-state index in [1.165, 1.54) is 16.7 Å². The van der Waals surface area contributed by atoms with Crippen LogP contribution >= 0.6 is 0 Å². The standard InChI is InChI=1S/C21H32N2O3/c1-16-5-6-17(2)18(11-16)12-23-14-21(15-23)19(8-10-26-21)7-9-25-13-20(24)22(3)4/h5-6,11,19H,7-10,12-15H2,1-4H3. The molecule has 1 unspecified atom stereocenters. The molecule has 2 aliphatic rings. The second-order valence-corrected chi connectivity index (χ2v) is 8.10. The second-order valence-electron chi connectivity index (χ2n) is 8.10. The molecule has 26 heavy (non-hydrogen) atoms. The van der Waals surface area contributed by atoms with Gasteiger partial charge in [0.1, 0.15) is 6.61 Å². The number of hydrogen-bond acceptors (Lipinski definition) is 4. The summed E-state index contributed by atoms with van der Waals surface area (Å²) >= 11 is 0. The lowest BCUT2D eigenvalue weighted by molar-refractivity contribution is -0.141. The van der Waals surface area contributed by atoms with Gasteiger partial charge in [0.05, 0.1) is 5.60 Å². The maximum atomic E-state index is 11.6. The Labute approximate surface area is 157 Å². The maximum Gasteiger partial charge on any atom is 0.248 e. The molecule has 0 radical (unpaired) electrons. The second kappa shape index (κ2) is 8.07. The van der Waals surface area contributed by atoms with Crippen molar-refractivity contribution in [2.24, 2.45) is 5.92 Å². The van der Waals surface area contributed by atoms with Gasteiger partial charge in [0.25, 0.3) is 0 Å². The first kappa shape index (κ1) is 19.3. The Morgan fingerprint density at radius 3 is 2.85 bits per heavy atom. The smallest absolute Gasteiger partial charge is 0.248 e. The first-order valence-corrected chi connectivity index (χ1v) is 9.60. The Hall–Kier alpha value is -1.43. The Kier molecular flexibility index (Phi) is 6.00. The molecule has 2 aliphatic heterocycles. The van der Waals surface area contributed by atoms with E-state index in [9.17, 15) is 4.79 Å². The fraction of sp³-hybridized carbons (Fsp3) is 0.667. The highest BCUT2D eigenvalue weighted by molar-refractivity contribution is 5.76. The highest BCUT2D eigenvalue weighted by Crippen LogP contribution is 2.42. The number of amides is 1. The molecule has 2 fully saturated rings. The normalized spacial score (nSPS) is 21.8. The molecule has 2 saturated heterocycles. The molecule has 0 aromatic heterocycles. The van der Waals surface area contributed by atoms with Crippen molar-refractivity contribution in [3.05, 3.63) is 34.9 Å². The molecule has 0 bridgehead atoms. The van der Waals surface area contributed by atoms with Gasteiger partial charge in [-0.25, -0.2) is 0 Å². The number of aryl methyl sites for hydroxylation is 2. The van der Waals surface area contributed by atoms with Crippen LogP contribution in [0.2, 0.25) is 0 Å². The van der Waals surface area contributed by atoms with Crippen LogP contribution in [0.4, 0.5) is 0 Å². The predicted octanol–water partition coefficient (Wildman–Crippen LogP) is 2.39. The number of benzene rings is 1. The number of carbonyl (C=O) groups excluding carboxylic acids is 1. The average molecular weight is 360 g/mol. The van der Waals surface area contributed by atoms with Crippen LogP contribution in [0.15, 0.2) is 18.2 Å². The average Bonchev–Trinajstić information content (AvgIpc) is 2.98. The van der Waals surface area contributed by atoms with E-state index in [1.54, 1.807) is 19.0 Å². The minimum absolute atomic E-state index is 0.00659. The van der Waals surface area contributed by atoms with E-state index in [1.807, 2.05) is 0 Å². The lowest BCUT2D eigenvalue weighted by Crippen LogP contribution is -2.64. The number of likely N-dealkylation sites (tertiary alicyclic amines) is 1. The minimum atomic E-state index is 0.00659. The molecule has 5 nitrogen and oxygen atoms in total. The number of rotatable bonds is 7. The summed E-state index contributed by atoms with van der Waals surface area (Å²) in [6.07, 6.45) is 2.07. The van der Waals surface area contributed by atoms with Crippen molar-refractivity contribution in [3.63, 3.8) is 0 Å². The van der Waals surface area contributed by atoms with E-state index < -0.39 is 0 Å². The molecule has 0 aliphatic carbocycles. The van der Waals surface area contributed by atoms with Crippen LogP contribution in [0.25, 0.3) is 0 Å². The highest BCUT2D eigenvalue weighted by Gasteiger charge is 2.52. The monoisotopic (exact) mass is 360 g/mol. The Bertz CT molecular complexity index is 638. The zero-order chi connectivity index (χ0) is 18.7.